The van der Waals surface area contributed by atoms with Gasteiger partial charge in [0.1, 0.15) is 5.01 Å². The van der Waals surface area contributed by atoms with Gasteiger partial charge in [-0.2, -0.15) is 9.61 Å². The van der Waals surface area contributed by atoms with Crippen molar-refractivity contribution in [3.63, 3.8) is 0 Å². The molecular weight excluding hydrogens is 372 g/mol. The first kappa shape index (κ1) is 19.0. The van der Waals surface area contributed by atoms with Crippen LogP contribution in [-0.2, 0) is 11.2 Å². The summed E-state index contributed by atoms with van der Waals surface area (Å²) in [6, 6.07) is 8.73. The second-order valence-electron chi connectivity index (χ2n) is 7.36. The summed E-state index contributed by atoms with van der Waals surface area (Å²) in [6.07, 6.45) is 3.52. The Hall–Kier alpha value is -2.32. The van der Waals surface area contributed by atoms with Crippen molar-refractivity contribution < 1.29 is 4.79 Å². The van der Waals surface area contributed by atoms with Crippen molar-refractivity contribution >= 4 is 22.2 Å². The van der Waals surface area contributed by atoms with E-state index in [1.165, 1.54) is 35.3 Å². The Morgan fingerprint density at radius 2 is 2.00 bits per heavy atom. The number of aromatic nitrogens is 4. The number of rotatable bonds is 7. The molecule has 148 valence electrons. The van der Waals surface area contributed by atoms with Gasteiger partial charge in [-0.25, -0.2) is 0 Å². The second-order valence-corrected chi connectivity index (χ2v) is 8.40. The Morgan fingerprint density at radius 3 is 2.75 bits per heavy atom. The fourth-order valence-electron chi connectivity index (χ4n) is 3.82. The van der Waals surface area contributed by atoms with Gasteiger partial charge >= 0.3 is 0 Å². The molecule has 1 aliphatic rings. The molecule has 1 amide bonds. The first-order valence-electron chi connectivity index (χ1n) is 9.86. The number of amides is 1. The fraction of sp³-hybridized carbons (Fsp3) is 0.500. The van der Waals surface area contributed by atoms with E-state index in [0.717, 1.165) is 28.9 Å². The normalized spacial score (nSPS) is 15.9. The van der Waals surface area contributed by atoms with Gasteiger partial charge < -0.3 is 5.32 Å². The van der Waals surface area contributed by atoms with Crippen molar-refractivity contribution in [3.05, 3.63) is 46.2 Å². The van der Waals surface area contributed by atoms with Crippen LogP contribution in [0.15, 0.2) is 24.3 Å². The number of hydrogen-bond donors (Lipinski definition) is 1. The third-order valence-corrected chi connectivity index (χ3v) is 6.33. The van der Waals surface area contributed by atoms with Crippen LogP contribution in [0.5, 0.6) is 0 Å². The number of likely N-dealkylation sites (tertiary alicyclic amines) is 1. The molecule has 7 nitrogen and oxygen atoms in total. The van der Waals surface area contributed by atoms with E-state index in [4.69, 9.17) is 0 Å². The van der Waals surface area contributed by atoms with Crippen LogP contribution in [0.25, 0.3) is 4.96 Å². The van der Waals surface area contributed by atoms with Crippen molar-refractivity contribution in [2.45, 2.75) is 45.6 Å². The van der Waals surface area contributed by atoms with Gasteiger partial charge in [-0.05, 0) is 50.9 Å². The average Bonchev–Trinajstić information content (AvgIpc) is 3.41. The van der Waals surface area contributed by atoms with Crippen LogP contribution < -0.4 is 5.32 Å². The number of nitrogens with one attached hydrogen (secondary N) is 1. The molecule has 2 aromatic heterocycles. The summed E-state index contributed by atoms with van der Waals surface area (Å²) < 4.78 is 1.74. The molecule has 1 aromatic carbocycles. The number of hydrogen-bond acceptors (Lipinski definition) is 6. The molecule has 0 radical (unpaired) electrons. The zero-order valence-electron chi connectivity index (χ0n) is 16.4. The predicted octanol–water partition coefficient (Wildman–Crippen LogP) is 2.69. The molecule has 3 aromatic rings. The maximum Gasteiger partial charge on any atom is 0.234 e. The largest absolute Gasteiger partial charge is 0.354 e. The van der Waals surface area contributed by atoms with E-state index in [2.05, 4.69) is 56.7 Å². The molecule has 4 rings (SSSR count). The lowest BCUT2D eigenvalue weighted by Gasteiger charge is -2.29. The predicted molar refractivity (Wildman–Crippen MR) is 109 cm³/mol. The second kappa shape index (κ2) is 8.36. The van der Waals surface area contributed by atoms with Gasteiger partial charge in [-0.3, -0.25) is 9.69 Å². The first-order valence-corrected chi connectivity index (χ1v) is 10.7. The molecule has 0 bridgehead atoms. The van der Waals surface area contributed by atoms with Gasteiger partial charge in [0.05, 0.1) is 6.04 Å². The molecule has 1 saturated heterocycles. The summed E-state index contributed by atoms with van der Waals surface area (Å²) in [5.74, 6) is 0.842. The van der Waals surface area contributed by atoms with Crippen molar-refractivity contribution in [2.24, 2.45) is 0 Å². The minimum absolute atomic E-state index is 0.0699. The van der Waals surface area contributed by atoms with Gasteiger partial charge in [0.15, 0.2) is 5.82 Å². The van der Waals surface area contributed by atoms with E-state index < -0.39 is 0 Å². The van der Waals surface area contributed by atoms with E-state index in [0.29, 0.717) is 19.4 Å². The van der Waals surface area contributed by atoms with Crippen LogP contribution in [-0.4, -0.2) is 50.3 Å². The molecule has 8 heteroatoms. The molecule has 1 aliphatic heterocycles. The molecular formula is C20H26N6OS. The zero-order chi connectivity index (χ0) is 19.5. The summed E-state index contributed by atoms with van der Waals surface area (Å²) in [7, 11) is 0. The Bertz CT molecular complexity index is 959. The highest BCUT2D eigenvalue weighted by Gasteiger charge is 2.25. The summed E-state index contributed by atoms with van der Waals surface area (Å²) in [5.41, 5.74) is 2.59. The van der Waals surface area contributed by atoms with Crippen LogP contribution in [0.2, 0.25) is 0 Å². The highest BCUT2D eigenvalue weighted by Crippen LogP contribution is 2.27. The molecule has 1 atom stereocenters. The van der Waals surface area contributed by atoms with Gasteiger partial charge in [0.2, 0.25) is 10.9 Å². The average molecular weight is 399 g/mol. The zero-order valence-corrected chi connectivity index (χ0v) is 17.2. The van der Waals surface area contributed by atoms with Gasteiger partial charge in [0.25, 0.3) is 0 Å². The fourth-order valence-corrected chi connectivity index (χ4v) is 4.70. The lowest BCUT2D eigenvalue weighted by molar-refractivity contribution is -0.121. The van der Waals surface area contributed by atoms with E-state index in [9.17, 15) is 4.79 Å². The van der Waals surface area contributed by atoms with Crippen molar-refractivity contribution in [3.8, 4) is 0 Å². The third kappa shape index (κ3) is 4.07. The van der Waals surface area contributed by atoms with Crippen LogP contribution >= 0.6 is 11.3 Å². The Morgan fingerprint density at radius 1 is 1.21 bits per heavy atom. The maximum absolute atomic E-state index is 12.5. The highest BCUT2D eigenvalue weighted by atomic mass is 32.1. The van der Waals surface area contributed by atoms with Gasteiger partial charge in [0, 0.05) is 19.4 Å². The number of carbonyl (C=O) groups is 1. The minimum Gasteiger partial charge on any atom is -0.354 e. The number of aryl methyl sites for hydroxylation is 3. The Kier molecular flexibility index (Phi) is 5.68. The van der Waals surface area contributed by atoms with Gasteiger partial charge in [-0.15, -0.1) is 10.2 Å². The molecule has 1 fully saturated rings. The van der Waals surface area contributed by atoms with Crippen LogP contribution in [0, 0.1) is 13.8 Å². The minimum atomic E-state index is 0.0699. The summed E-state index contributed by atoms with van der Waals surface area (Å²) in [5, 5.41) is 16.6. The lowest BCUT2D eigenvalue weighted by Crippen LogP contribution is -2.37. The van der Waals surface area contributed by atoms with Crippen LogP contribution in [0.1, 0.15) is 47.3 Å². The van der Waals surface area contributed by atoms with E-state index >= 15 is 0 Å². The standard InChI is InChI=1S/C20H26N6OS/c1-14-7-3-4-8-16(14)17(25-11-5-6-12-25)13-21-18(27)9-10-19-24-26-15(2)22-23-20(26)28-19/h3-4,7-8,17H,5-6,9-13H2,1-2H3,(H,21,27). The summed E-state index contributed by atoms with van der Waals surface area (Å²) in [6.45, 7) is 6.87. The molecule has 0 saturated carbocycles. The van der Waals surface area contributed by atoms with E-state index in [1.807, 2.05) is 6.92 Å². The number of carbonyl (C=O) groups excluding carboxylic acids is 1. The topological polar surface area (TPSA) is 75.4 Å². The molecule has 3 heterocycles. The number of fused-ring (bicyclic) bond motifs is 1. The summed E-state index contributed by atoms with van der Waals surface area (Å²) >= 11 is 1.49. The van der Waals surface area contributed by atoms with E-state index in [1.54, 1.807) is 4.52 Å². The van der Waals surface area contributed by atoms with Gasteiger partial charge in [-0.1, -0.05) is 35.6 Å². The van der Waals surface area contributed by atoms with Crippen molar-refractivity contribution in [1.29, 1.82) is 0 Å². The van der Waals surface area contributed by atoms with E-state index in [-0.39, 0.29) is 11.9 Å². The molecule has 1 unspecified atom stereocenters. The number of nitrogens with zero attached hydrogens (tertiary/aromatic N) is 5. The molecule has 0 spiro atoms. The molecule has 1 N–H and O–H groups in total. The van der Waals surface area contributed by atoms with Crippen LogP contribution in [0.4, 0.5) is 0 Å². The van der Waals surface area contributed by atoms with Crippen LogP contribution in [0.3, 0.4) is 0 Å². The quantitative estimate of drug-likeness (QED) is 0.662. The smallest absolute Gasteiger partial charge is 0.234 e. The monoisotopic (exact) mass is 398 g/mol. The highest BCUT2D eigenvalue weighted by molar-refractivity contribution is 7.16. The first-order chi connectivity index (χ1) is 13.6. The SMILES string of the molecule is Cc1ccccc1C(CNC(=O)CCc1nn2c(C)nnc2s1)N1CCCC1. The number of benzene rings is 1. The Labute approximate surface area is 168 Å². The summed E-state index contributed by atoms with van der Waals surface area (Å²) in [4.78, 5) is 15.8. The lowest BCUT2D eigenvalue weighted by atomic mass is 10.00. The molecule has 28 heavy (non-hydrogen) atoms. The van der Waals surface area contributed by atoms with Crippen molar-refractivity contribution in [1.82, 2.24) is 30.0 Å². The van der Waals surface area contributed by atoms with Crippen molar-refractivity contribution in [2.75, 3.05) is 19.6 Å². The molecule has 0 aliphatic carbocycles. The maximum atomic E-state index is 12.5. The third-order valence-electron chi connectivity index (χ3n) is 5.38. The Balaban J connectivity index is 1.36.